The molecule has 0 aromatic heterocycles. The van der Waals surface area contributed by atoms with Gasteiger partial charge in [-0.2, -0.15) is 0 Å². The maximum atomic E-state index is 13.9. The van der Waals surface area contributed by atoms with Gasteiger partial charge in [-0.05, 0) is 31.0 Å². The second kappa shape index (κ2) is 8.10. The smallest absolute Gasteiger partial charge is 0.259 e. The van der Waals surface area contributed by atoms with Crippen LogP contribution in [0.25, 0.3) is 5.70 Å². The van der Waals surface area contributed by atoms with E-state index in [9.17, 15) is 18.8 Å². The van der Waals surface area contributed by atoms with Gasteiger partial charge in [0.15, 0.2) is 0 Å². The maximum Gasteiger partial charge on any atom is 0.259 e. The Hall–Kier alpha value is -3.48. The first kappa shape index (κ1) is 19.8. The van der Waals surface area contributed by atoms with Crippen molar-refractivity contribution in [2.75, 3.05) is 19.6 Å². The second-order valence-corrected chi connectivity index (χ2v) is 7.50. The van der Waals surface area contributed by atoms with Crippen LogP contribution in [0.15, 0.2) is 55.1 Å². The van der Waals surface area contributed by atoms with E-state index >= 15 is 0 Å². The van der Waals surface area contributed by atoms with Gasteiger partial charge in [-0.25, -0.2) is 4.39 Å². The predicted octanol–water partition coefficient (Wildman–Crippen LogP) is 2.67. The van der Waals surface area contributed by atoms with Crippen molar-refractivity contribution in [3.05, 3.63) is 77.6 Å². The summed E-state index contributed by atoms with van der Waals surface area (Å²) < 4.78 is 13.9. The molecule has 2 aliphatic heterocycles. The Kier molecular flexibility index (Phi) is 5.35. The number of carbonyl (C=O) groups excluding carboxylic acids is 3. The molecule has 30 heavy (non-hydrogen) atoms. The van der Waals surface area contributed by atoms with Gasteiger partial charge in [0.1, 0.15) is 12.4 Å². The third-order valence-electron chi connectivity index (χ3n) is 5.59. The van der Waals surface area contributed by atoms with Crippen LogP contribution in [0.3, 0.4) is 0 Å². The molecule has 1 saturated heterocycles. The van der Waals surface area contributed by atoms with Crippen LogP contribution in [0.4, 0.5) is 4.39 Å². The van der Waals surface area contributed by atoms with Crippen molar-refractivity contribution in [1.29, 1.82) is 0 Å². The van der Waals surface area contributed by atoms with Crippen LogP contribution in [-0.2, 0) is 4.79 Å². The molecule has 2 aromatic carbocycles. The first-order valence-corrected chi connectivity index (χ1v) is 9.89. The highest BCUT2D eigenvalue weighted by molar-refractivity contribution is 6.10. The van der Waals surface area contributed by atoms with Crippen LogP contribution in [0.1, 0.15) is 39.1 Å². The van der Waals surface area contributed by atoms with E-state index in [0.717, 1.165) is 5.56 Å². The topological polar surface area (TPSA) is 69.7 Å². The van der Waals surface area contributed by atoms with Gasteiger partial charge >= 0.3 is 0 Å². The average molecular weight is 407 g/mol. The molecule has 0 bridgehead atoms. The summed E-state index contributed by atoms with van der Waals surface area (Å²) in [5.41, 5.74) is 1.88. The molecule has 1 N–H and O–H groups in total. The van der Waals surface area contributed by atoms with Gasteiger partial charge in [0.05, 0.1) is 5.56 Å². The number of amides is 3. The number of halogens is 1. The molecule has 1 fully saturated rings. The monoisotopic (exact) mass is 407 g/mol. The summed E-state index contributed by atoms with van der Waals surface area (Å²) in [6, 6.07) is 13.0. The Morgan fingerprint density at radius 3 is 2.33 bits per heavy atom. The van der Waals surface area contributed by atoms with Crippen molar-refractivity contribution in [3.63, 3.8) is 0 Å². The number of nitrogens with one attached hydrogen (secondary N) is 1. The zero-order chi connectivity index (χ0) is 21.3. The number of fused-ring (bicyclic) bond motifs is 1. The molecule has 4 rings (SSSR count). The standard InChI is InChI=1S/C23H22FN3O3/c1-15-17-6-2-3-7-18(17)23(30)27(15)14-21(28)25-16-10-12-26(13-11-16)22(29)19-8-4-5-9-20(19)24/h2-9,16H,1,10-14H2,(H,25,28). The minimum atomic E-state index is -0.533. The quantitative estimate of drug-likeness (QED) is 0.847. The highest BCUT2D eigenvalue weighted by Gasteiger charge is 2.33. The lowest BCUT2D eigenvalue weighted by Crippen LogP contribution is -2.48. The molecule has 2 aliphatic rings. The molecule has 2 heterocycles. The lowest BCUT2D eigenvalue weighted by Gasteiger charge is -2.32. The fourth-order valence-corrected chi connectivity index (χ4v) is 3.95. The number of hydrogen-bond donors (Lipinski definition) is 1. The summed E-state index contributed by atoms with van der Waals surface area (Å²) in [4.78, 5) is 40.5. The lowest BCUT2D eigenvalue weighted by molar-refractivity contribution is -0.122. The van der Waals surface area contributed by atoms with Crippen molar-refractivity contribution >= 4 is 23.4 Å². The van der Waals surface area contributed by atoms with Crippen LogP contribution in [0.2, 0.25) is 0 Å². The van der Waals surface area contributed by atoms with E-state index in [-0.39, 0.29) is 35.9 Å². The minimum absolute atomic E-state index is 0.0607. The first-order valence-electron chi connectivity index (χ1n) is 9.89. The number of carbonyl (C=O) groups is 3. The molecule has 154 valence electrons. The molecule has 0 saturated carbocycles. The lowest BCUT2D eigenvalue weighted by atomic mass is 10.0. The molecule has 0 radical (unpaired) electrons. The van der Waals surface area contributed by atoms with Crippen LogP contribution in [-0.4, -0.2) is 53.2 Å². The SMILES string of the molecule is C=C1c2ccccc2C(=O)N1CC(=O)NC1CCN(C(=O)c2ccccc2F)CC1. The molecule has 6 nitrogen and oxygen atoms in total. The van der Waals surface area contributed by atoms with Crippen LogP contribution in [0.5, 0.6) is 0 Å². The van der Waals surface area contributed by atoms with Crippen molar-refractivity contribution in [1.82, 2.24) is 15.1 Å². The zero-order valence-corrected chi connectivity index (χ0v) is 16.4. The molecule has 0 spiro atoms. The molecule has 7 heteroatoms. The fraction of sp³-hybridized carbons (Fsp3) is 0.261. The summed E-state index contributed by atoms with van der Waals surface area (Å²) in [5, 5.41) is 2.94. The normalized spacial score (nSPS) is 16.6. The average Bonchev–Trinajstić information content (AvgIpc) is 2.99. The molecular formula is C23H22FN3O3. The van der Waals surface area contributed by atoms with E-state index in [4.69, 9.17) is 0 Å². The summed E-state index contributed by atoms with van der Waals surface area (Å²) in [6.07, 6.45) is 1.14. The highest BCUT2D eigenvalue weighted by Crippen LogP contribution is 2.30. The molecule has 3 amide bonds. The number of nitrogens with zero attached hydrogens (tertiary/aromatic N) is 2. The Bertz CT molecular complexity index is 993. The van der Waals surface area contributed by atoms with Crippen LogP contribution < -0.4 is 5.32 Å². The van der Waals surface area contributed by atoms with Gasteiger partial charge in [-0.15, -0.1) is 0 Å². The number of hydrogen-bond acceptors (Lipinski definition) is 3. The summed E-state index contributed by atoms with van der Waals surface area (Å²) in [7, 11) is 0. The van der Waals surface area contributed by atoms with Gasteiger partial charge in [0.25, 0.3) is 11.8 Å². The Labute approximate surface area is 174 Å². The van der Waals surface area contributed by atoms with Gasteiger partial charge in [0, 0.05) is 36.0 Å². The largest absolute Gasteiger partial charge is 0.352 e. The van der Waals surface area contributed by atoms with Crippen molar-refractivity contribution < 1.29 is 18.8 Å². The summed E-state index contributed by atoms with van der Waals surface area (Å²) >= 11 is 0. The number of likely N-dealkylation sites (tertiary alicyclic amines) is 1. The summed E-state index contributed by atoms with van der Waals surface area (Å²) in [5.74, 6) is -1.36. The van der Waals surface area contributed by atoms with Gasteiger partial charge in [-0.3, -0.25) is 19.3 Å². The maximum absolute atomic E-state index is 13.9. The van der Waals surface area contributed by atoms with E-state index < -0.39 is 5.82 Å². The molecule has 0 atom stereocenters. The summed E-state index contributed by atoms with van der Waals surface area (Å²) in [6.45, 7) is 4.71. The van der Waals surface area contributed by atoms with Crippen molar-refractivity contribution in [2.24, 2.45) is 0 Å². The van der Waals surface area contributed by atoms with E-state index in [2.05, 4.69) is 11.9 Å². The second-order valence-electron chi connectivity index (χ2n) is 7.50. The third-order valence-corrected chi connectivity index (χ3v) is 5.59. The molecule has 0 aliphatic carbocycles. The molecule has 0 unspecified atom stereocenters. The Morgan fingerprint density at radius 2 is 1.67 bits per heavy atom. The minimum Gasteiger partial charge on any atom is -0.352 e. The zero-order valence-electron chi connectivity index (χ0n) is 16.4. The molecular weight excluding hydrogens is 385 g/mol. The van der Waals surface area contributed by atoms with Crippen molar-refractivity contribution in [2.45, 2.75) is 18.9 Å². The van der Waals surface area contributed by atoms with Gasteiger partial charge in [-0.1, -0.05) is 36.9 Å². The number of piperidine rings is 1. The Morgan fingerprint density at radius 1 is 1.03 bits per heavy atom. The molecule has 2 aromatic rings. The first-order chi connectivity index (χ1) is 14.5. The van der Waals surface area contributed by atoms with E-state index in [1.54, 1.807) is 29.2 Å². The predicted molar refractivity (Wildman–Crippen MR) is 110 cm³/mol. The number of benzene rings is 2. The third kappa shape index (κ3) is 3.70. The van der Waals surface area contributed by atoms with Crippen LogP contribution in [0, 0.1) is 5.82 Å². The van der Waals surface area contributed by atoms with Gasteiger partial charge in [0.2, 0.25) is 5.91 Å². The van der Waals surface area contributed by atoms with Crippen molar-refractivity contribution in [3.8, 4) is 0 Å². The van der Waals surface area contributed by atoms with Gasteiger partial charge < -0.3 is 10.2 Å². The van der Waals surface area contributed by atoms with E-state index in [1.807, 2.05) is 12.1 Å². The number of rotatable bonds is 4. The van der Waals surface area contributed by atoms with E-state index in [1.165, 1.54) is 17.0 Å². The van der Waals surface area contributed by atoms with E-state index in [0.29, 0.717) is 37.2 Å². The van der Waals surface area contributed by atoms with Crippen LogP contribution >= 0.6 is 0 Å². The fourth-order valence-electron chi connectivity index (χ4n) is 3.95. The highest BCUT2D eigenvalue weighted by atomic mass is 19.1. The Balaban J connectivity index is 1.30.